The van der Waals surface area contributed by atoms with E-state index in [4.69, 9.17) is 5.73 Å². The van der Waals surface area contributed by atoms with Gasteiger partial charge in [0.25, 0.3) is 0 Å². The molecule has 1 aliphatic heterocycles. The van der Waals surface area contributed by atoms with Crippen LogP contribution in [0.25, 0.3) is 0 Å². The lowest BCUT2D eigenvalue weighted by atomic mass is 10.1. The third kappa shape index (κ3) is 3.08. The van der Waals surface area contributed by atoms with Crippen LogP contribution in [-0.2, 0) is 9.59 Å². The lowest BCUT2D eigenvalue weighted by molar-refractivity contribution is -0.132. The van der Waals surface area contributed by atoms with Crippen LogP contribution in [0.5, 0.6) is 0 Å². The van der Waals surface area contributed by atoms with Gasteiger partial charge in [0.05, 0.1) is 12.1 Å². The maximum Gasteiger partial charge on any atom is 0.241 e. The second-order valence-corrected chi connectivity index (χ2v) is 4.99. The monoisotopic (exact) mass is 276 g/mol. The van der Waals surface area contributed by atoms with Crippen LogP contribution in [0.3, 0.4) is 0 Å². The van der Waals surface area contributed by atoms with Gasteiger partial charge >= 0.3 is 0 Å². The largest absolute Gasteiger partial charge is 0.399 e. The second-order valence-electron chi connectivity index (χ2n) is 4.99. The third-order valence-electron chi connectivity index (χ3n) is 3.60. The van der Waals surface area contributed by atoms with E-state index in [-0.39, 0.29) is 23.9 Å². The Bertz CT molecular complexity index is 500. The highest BCUT2D eigenvalue weighted by molar-refractivity contribution is 5.95. The molecule has 0 aliphatic carbocycles. The number of nitrogens with two attached hydrogens (primary N) is 1. The molecule has 0 bridgehead atoms. The summed E-state index contributed by atoms with van der Waals surface area (Å²) >= 11 is 0. The van der Waals surface area contributed by atoms with E-state index in [1.165, 1.54) is 0 Å². The van der Waals surface area contributed by atoms with Gasteiger partial charge in [0.2, 0.25) is 11.8 Å². The molecule has 0 aromatic heterocycles. The Balaban J connectivity index is 2.01. The summed E-state index contributed by atoms with van der Waals surface area (Å²) in [6, 6.07) is 6.32. The molecule has 20 heavy (non-hydrogen) atoms. The number of anilines is 2. The van der Waals surface area contributed by atoms with Crippen molar-refractivity contribution in [3.05, 3.63) is 24.3 Å². The van der Waals surface area contributed by atoms with E-state index in [9.17, 15) is 9.59 Å². The number of piperazine rings is 1. The fraction of sp³-hybridized carbons (Fsp3) is 0.429. The molecule has 0 spiro atoms. The highest BCUT2D eigenvalue weighted by atomic mass is 16.2. The summed E-state index contributed by atoms with van der Waals surface area (Å²) in [5, 5.41) is 5.62. The van der Waals surface area contributed by atoms with E-state index in [1.807, 2.05) is 18.7 Å². The summed E-state index contributed by atoms with van der Waals surface area (Å²) in [7, 11) is 0. The number of hydrogen-bond acceptors (Lipinski definition) is 4. The lowest BCUT2D eigenvalue weighted by Gasteiger charge is -2.36. The maximum absolute atomic E-state index is 12.2. The molecule has 2 unspecified atom stereocenters. The molecule has 6 nitrogen and oxygen atoms in total. The molecule has 2 rings (SSSR count). The molecule has 4 N–H and O–H groups in total. The lowest BCUT2D eigenvalue weighted by Crippen LogP contribution is -2.58. The SMILES string of the molecule is CC1C(=O)NCCN1C(C)C(=O)Nc1ccc(N)cc1. The predicted molar refractivity (Wildman–Crippen MR) is 78.1 cm³/mol. The first-order valence-corrected chi connectivity index (χ1v) is 6.69. The van der Waals surface area contributed by atoms with Crippen molar-refractivity contribution in [2.75, 3.05) is 24.1 Å². The molecule has 1 aromatic carbocycles. The van der Waals surface area contributed by atoms with Gasteiger partial charge in [-0.15, -0.1) is 0 Å². The fourth-order valence-corrected chi connectivity index (χ4v) is 2.29. The minimum atomic E-state index is -0.367. The van der Waals surface area contributed by atoms with Crippen molar-refractivity contribution in [1.29, 1.82) is 0 Å². The Morgan fingerprint density at radius 3 is 2.75 bits per heavy atom. The Morgan fingerprint density at radius 1 is 1.45 bits per heavy atom. The Morgan fingerprint density at radius 2 is 2.10 bits per heavy atom. The number of rotatable bonds is 3. The molecule has 1 heterocycles. The van der Waals surface area contributed by atoms with Crippen molar-refractivity contribution in [2.45, 2.75) is 25.9 Å². The molecule has 1 saturated heterocycles. The van der Waals surface area contributed by atoms with E-state index in [2.05, 4.69) is 10.6 Å². The van der Waals surface area contributed by atoms with Crippen molar-refractivity contribution in [3.8, 4) is 0 Å². The first-order valence-electron chi connectivity index (χ1n) is 6.69. The standard InChI is InChI=1S/C14H20N4O2/c1-9-13(19)16-7-8-18(9)10(2)14(20)17-12-5-3-11(15)4-6-12/h3-6,9-10H,7-8,15H2,1-2H3,(H,16,19)(H,17,20). The van der Waals surface area contributed by atoms with E-state index in [0.29, 0.717) is 24.5 Å². The summed E-state index contributed by atoms with van der Waals surface area (Å²) < 4.78 is 0. The van der Waals surface area contributed by atoms with Crippen LogP contribution in [0, 0.1) is 0 Å². The summed E-state index contributed by atoms with van der Waals surface area (Å²) in [6.07, 6.45) is 0. The van der Waals surface area contributed by atoms with E-state index in [1.54, 1.807) is 24.3 Å². The summed E-state index contributed by atoms with van der Waals surface area (Å²) in [4.78, 5) is 25.8. The minimum Gasteiger partial charge on any atom is -0.399 e. The minimum absolute atomic E-state index is 0.0385. The third-order valence-corrected chi connectivity index (χ3v) is 3.60. The van der Waals surface area contributed by atoms with E-state index >= 15 is 0 Å². The van der Waals surface area contributed by atoms with Crippen LogP contribution in [0.15, 0.2) is 24.3 Å². The molecular formula is C14H20N4O2. The highest BCUT2D eigenvalue weighted by Crippen LogP contribution is 2.14. The van der Waals surface area contributed by atoms with Gasteiger partial charge in [-0.25, -0.2) is 0 Å². The van der Waals surface area contributed by atoms with Crippen molar-refractivity contribution in [3.63, 3.8) is 0 Å². The van der Waals surface area contributed by atoms with E-state index < -0.39 is 0 Å². The molecule has 0 radical (unpaired) electrons. The quantitative estimate of drug-likeness (QED) is 0.698. The van der Waals surface area contributed by atoms with Gasteiger partial charge in [-0.3, -0.25) is 14.5 Å². The number of carbonyl (C=O) groups is 2. The predicted octanol–water partition coefficient (Wildman–Crippen LogP) is 0.416. The van der Waals surface area contributed by atoms with Gasteiger partial charge in [0, 0.05) is 24.5 Å². The normalized spacial score (nSPS) is 21.1. The van der Waals surface area contributed by atoms with Crippen LogP contribution >= 0.6 is 0 Å². The number of nitrogens with zero attached hydrogens (tertiary/aromatic N) is 1. The first kappa shape index (κ1) is 14.3. The van der Waals surface area contributed by atoms with Gasteiger partial charge in [-0.2, -0.15) is 0 Å². The highest BCUT2D eigenvalue weighted by Gasteiger charge is 2.32. The second kappa shape index (κ2) is 5.92. The van der Waals surface area contributed by atoms with Gasteiger partial charge in [0.1, 0.15) is 0 Å². The summed E-state index contributed by atoms with van der Waals surface area (Å²) in [5.74, 6) is -0.167. The first-order chi connectivity index (χ1) is 9.49. The van der Waals surface area contributed by atoms with Gasteiger partial charge < -0.3 is 16.4 Å². The van der Waals surface area contributed by atoms with Crippen molar-refractivity contribution >= 4 is 23.2 Å². The van der Waals surface area contributed by atoms with Crippen LogP contribution in [-0.4, -0.2) is 41.9 Å². The number of nitrogens with one attached hydrogen (secondary N) is 2. The Labute approximate surface area is 118 Å². The van der Waals surface area contributed by atoms with Crippen molar-refractivity contribution in [2.24, 2.45) is 0 Å². The average molecular weight is 276 g/mol. The molecule has 1 fully saturated rings. The maximum atomic E-state index is 12.2. The Kier molecular flexibility index (Phi) is 4.24. The van der Waals surface area contributed by atoms with Gasteiger partial charge in [-0.1, -0.05) is 0 Å². The number of amides is 2. The molecule has 1 aromatic rings. The van der Waals surface area contributed by atoms with Crippen LogP contribution in [0.1, 0.15) is 13.8 Å². The topological polar surface area (TPSA) is 87.5 Å². The van der Waals surface area contributed by atoms with Crippen molar-refractivity contribution in [1.82, 2.24) is 10.2 Å². The van der Waals surface area contributed by atoms with Gasteiger partial charge in [-0.05, 0) is 38.1 Å². The molecule has 6 heteroatoms. The molecule has 2 amide bonds. The molecule has 1 aliphatic rings. The van der Waals surface area contributed by atoms with Crippen LogP contribution in [0.4, 0.5) is 11.4 Å². The summed E-state index contributed by atoms with van der Waals surface area (Å²) in [5.41, 5.74) is 6.95. The molecule has 0 saturated carbocycles. The smallest absolute Gasteiger partial charge is 0.241 e. The fourth-order valence-electron chi connectivity index (χ4n) is 2.29. The molecule has 108 valence electrons. The zero-order chi connectivity index (χ0) is 14.7. The molecular weight excluding hydrogens is 256 g/mol. The summed E-state index contributed by atoms with van der Waals surface area (Å²) in [6.45, 7) is 4.86. The molecule has 2 atom stereocenters. The number of benzene rings is 1. The number of hydrogen-bond donors (Lipinski definition) is 3. The van der Waals surface area contributed by atoms with Crippen molar-refractivity contribution < 1.29 is 9.59 Å². The van der Waals surface area contributed by atoms with Crippen LogP contribution in [0.2, 0.25) is 0 Å². The van der Waals surface area contributed by atoms with Gasteiger partial charge in [0.15, 0.2) is 0 Å². The average Bonchev–Trinajstić information content (AvgIpc) is 2.43. The number of carbonyl (C=O) groups excluding carboxylic acids is 2. The number of nitrogen functional groups attached to an aromatic ring is 1. The van der Waals surface area contributed by atoms with E-state index in [0.717, 1.165) is 0 Å². The van der Waals surface area contributed by atoms with Crippen LogP contribution < -0.4 is 16.4 Å². The zero-order valence-corrected chi connectivity index (χ0v) is 11.7. The Hall–Kier alpha value is -2.08. The zero-order valence-electron chi connectivity index (χ0n) is 11.7.